The third-order valence-electron chi connectivity index (χ3n) is 1.50. The Bertz CT molecular complexity index is 424. The highest BCUT2D eigenvalue weighted by Crippen LogP contribution is 2.04. The van der Waals surface area contributed by atoms with E-state index in [1.165, 1.54) is 0 Å². The number of aromatic nitrogens is 3. The van der Waals surface area contributed by atoms with E-state index in [-0.39, 0.29) is 5.95 Å². The average molecular weight is 184 g/mol. The predicted octanol–water partition coefficient (Wildman–Crippen LogP) is -1.53. The van der Waals surface area contributed by atoms with Crippen LogP contribution in [0.5, 0.6) is 0 Å². The monoisotopic (exact) mass is 184 g/mol. The zero-order valence-corrected chi connectivity index (χ0v) is 6.22. The highest BCUT2D eigenvalue weighted by molar-refractivity contribution is 5.33. The van der Waals surface area contributed by atoms with Gasteiger partial charge in [0, 0.05) is 5.10 Å². The lowest BCUT2D eigenvalue weighted by Gasteiger charge is -1.96. The van der Waals surface area contributed by atoms with Crippen molar-refractivity contribution in [2.75, 3.05) is 17.4 Å². The van der Waals surface area contributed by atoms with Gasteiger partial charge in [-0.2, -0.15) is 4.68 Å². The van der Waals surface area contributed by atoms with E-state index in [1.54, 1.807) is 0 Å². The van der Waals surface area contributed by atoms with Crippen molar-refractivity contribution in [3.8, 4) is 0 Å². The molecule has 13 heavy (non-hydrogen) atoms. The van der Waals surface area contributed by atoms with Crippen LogP contribution in [0.3, 0.4) is 0 Å². The predicted molar refractivity (Wildman–Crippen MR) is 40.8 cm³/mol. The minimum atomic E-state index is -0.872. The lowest BCUT2D eigenvalue weighted by molar-refractivity contribution is -0.391. The molecular weight excluding hydrogens is 180 g/mol. The van der Waals surface area contributed by atoms with Crippen LogP contribution in [0.4, 0.5) is 11.8 Å². The number of fused-ring (bicyclic) bond motifs is 1. The lowest BCUT2D eigenvalue weighted by Crippen LogP contribution is -2.28. The first-order valence-corrected chi connectivity index (χ1v) is 3.32. The maximum absolute atomic E-state index is 11.2. The van der Waals surface area contributed by atoms with E-state index >= 15 is 0 Å². The Morgan fingerprint density at radius 3 is 3.00 bits per heavy atom. The number of nitrogens with one attached hydrogen (secondary N) is 2. The topological polar surface area (TPSA) is 115 Å². The summed E-state index contributed by atoms with van der Waals surface area (Å²) in [5.41, 5.74) is 1.73. The first-order valence-electron chi connectivity index (χ1n) is 3.32. The molecule has 0 bridgehead atoms. The van der Waals surface area contributed by atoms with Gasteiger partial charge in [-0.15, -0.1) is 0 Å². The van der Waals surface area contributed by atoms with Crippen molar-refractivity contribution in [2.45, 2.75) is 0 Å². The van der Waals surface area contributed by atoms with Gasteiger partial charge in [0.1, 0.15) is 6.67 Å². The van der Waals surface area contributed by atoms with E-state index in [2.05, 4.69) is 20.9 Å². The summed E-state index contributed by atoms with van der Waals surface area (Å²) in [5.74, 6) is -0.615. The lowest BCUT2D eigenvalue weighted by atomic mass is 10.7. The molecule has 2 rings (SSSR count). The molecule has 9 heteroatoms. The summed E-state index contributed by atoms with van der Waals surface area (Å²) in [5, 5.41) is 19.5. The first kappa shape index (κ1) is 7.46. The second-order valence-corrected chi connectivity index (χ2v) is 2.26. The van der Waals surface area contributed by atoms with E-state index in [4.69, 9.17) is 0 Å². The number of rotatable bonds is 1. The van der Waals surface area contributed by atoms with Crippen LogP contribution in [0.2, 0.25) is 0 Å². The van der Waals surface area contributed by atoms with Crippen LogP contribution in [0.1, 0.15) is 0 Å². The van der Waals surface area contributed by atoms with Gasteiger partial charge in [-0.3, -0.25) is 4.79 Å². The van der Waals surface area contributed by atoms with Gasteiger partial charge < -0.3 is 20.9 Å². The van der Waals surface area contributed by atoms with Gasteiger partial charge in [-0.1, -0.05) is 0 Å². The molecule has 0 saturated heterocycles. The smallest absolute Gasteiger partial charge is 0.358 e. The van der Waals surface area contributed by atoms with Crippen LogP contribution in [0.15, 0.2) is 4.79 Å². The third-order valence-corrected chi connectivity index (χ3v) is 1.50. The van der Waals surface area contributed by atoms with E-state index < -0.39 is 16.3 Å². The number of nitro groups is 1. The Balaban J connectivity index is 2.66. The zero-order chi connectivity index (χ0) is 9.42. The normalized spacial score (nSPS) is 12.9. The van der Waals surface area contributed by atoms with E-state index in [9.17, 15) is 14.9 Å². The SMILES string of the molecule is O=c1c([N+](=O)[O-])nnc2n1NCN2. The van der Waals surface area contributed by atoms with Crippen molar-refractivity contribution in [1.82, 2.24) is 14.9 Å². The van der Waals surface area contributed by atoms with E-state index in [0.29, 0.717) is 6.67 Å². The van der Waals surface area contributed by atoms with Crippen molar-refractivity contribution < 1.29 is 4.92 Å². The molecule has 0 aromatic carbocycles. The molecule has 0 amide bonds. The molecule has 0 spiro atoms. The van der Waals surface area contributed by atoms with Gasteiger partial charge in [0.05, 0.1) is 5.10 Å². The summed E-state index contributed by atoms with van der Waals surface area (Å²) < 4.78 is 0.950. The minimum Gasteiger partial charge on any atom is -0.358 e. The summed E-state index contributed by atoms with van der Waals surface area (Å²) >= 11 is 0. The van der Waals surface area contributed by atoms with Crippen molar-refractivity contribution in [3.63, 3.8) is 0 Å². The molecule has 0 saturated carbocycles. The maximum atomic E-state index is 11.2. The minimum absolute atomic E-state index is 0.176. The molecule has 0 atom stereocenters. The second-order valence-electron chi connectivity index (χ2n) is 2.26. The fraction of sp³-hybridized carbons (Fsp3) is 0.250. The van der Waals surface area contributed by atoms with Gasteiger partial charge in [-0.05, 0) is 4.92 Å². The molecule has 9 nitrogen and oxygen atoms in total. The Kier molecular flexibility index (Phi) is 1.38. The highest BCUT2D eigenvalue weighted by atomic mass is 16.6. The van der Waals surface area contributed by atoms with Crippen molar-refractivity contribution in [3.05, 3.63) is 20.5 Å². The molecule has 0 fully saturated rings. The number of hydrogen-bond acceptors (Lipinski definition) is 7. The molecule has 68 valence electrons. The molecule has 2 N–H and O–H groups in total. The molecule has 1 aromatic heterocycles. The van der Waals surface area contributed by atoms with Gasteiger partial charge in [-0.25, -0.2) is 0 Å². The van der Waals surface area contributed by atoms with Crippen LogP contribution in [-0.2, 0) is 0 Å². The molecule has 0 unspecified atom stereocenters. The Morgan fingerprint density at radius 2 is 2.31 bits per heavy atom. The fourth-order valence-corrected chi connectivity index (χ4v) is 0.952. The largest absolute Gasteiger partial charge is 0.458 e. The number of hydrogen-bond donors (Lipinski definition) is 2. The summed E-state index contributed by atoms with van der Waals surface area (Å²) in [7, 11) is 0. The Hall–Kier alpha value is -2.19. The summed E-state index contributed by atoms with van der Waals surface area (Å²) in [6, 6.07) is 0. The van der Waals surface area contributed by atoms with Crippen molar-refractivity contribution in [2.24, 2.45) is 0 Å². The van der Waals surface area contributed by atoms with Crippen LogP contribution in [0.25, 0.3) is 0 Å². The van der Waals surface area contributed by atoms with Gasteiger partial charge in [0.2, 0.25) is 0 Å². The molecular formula is C4H4N6O3. The molecule has 2 heterocycles. The third kappa shape index (κ3) is 0.972. The van der Waals surface area contributed by atoms with Gasteiger partial charge in [0.25, 0.3) is 5.95 Å². The first-order chi connectivity index (χ1) is 6.20. The Labute approximate surface area is 70.5 Å². The molecule has 0 radical (unpaired) electrons. The standard InChI is InChI=1S/C4H4N6O3/c11-3-2(10(12)13)7-8-4-5-1-6-9(3)4/h6H,1H2,(H,5,8). The quantitative estimate of drug-likeness (QED) is 0.402. The second kappa shape index (κ2) is 2.40. The summed E-state index contributed by atoms with van der Waals surface area (Å²) in [6.45, 7) is 0.297. The van der Waals surface area contributed by atoms with E-state index in [0.717, 1.165) is 4.68 Å². The molecule has 1 aliphatic rings. The van der Waals surface area contributed by atoms with Crippen LogP contribution < -0.4 is 16.3 Å². The summed E-state index contributed by atoms with van der Waals surface area (Å²) in [4.78, 5) is 20.6. The Morgan fingerprint density at radius 1 is 1.54 bits per heavy atom. The van der Waals surface area contributed by atoms with Gasteiger partial charge >= 0.3 is 11.4 Å². The molecule has 1 aliphatic heterocycles. The van der Waals surface area contributed by atoms with Crippen molar-refractivity contribution >= 4 is 11.8 Å². The zero-order valence-electron chi connectivity index (χ0n) is 6.22. The van der Waals surface area contributed by atoms with Crippen LogP contribution >= 0.6 is 0 Å². The summed E-state index contributed by atoms with van der Waals surface area (Å²) in [6.07, 6.45) is 0. The van der Waals surface area contributed by atoms with Crippen LogP contribution in [0, 0.1) is 10.1 Å². The number of nitrogens with zero attached hydrogens (tertiary/aromatic N) is 4. The highest BCUT2D eigenvalue weighted by Gasteiger charge is 2.23. The van der Waals surface area contributed by atoms with Crippen molar-refractivity contribution in [1.29, 1.82) is 0 Å². The molecule has 1 aromatic rings. The maximum Gasteiger partial charge on any atom is 0.458 e. The van der Waals surface area contributed by atoms with Gasteiger partial charge in [0.15, 0.2) is 0 Å². The van der Waals surface area contributed by atoms with Crippen LogP contribution in [-0.4, -0.2) is 26.5 Å². The number of anilines is 1. The van der Waals surface area contributed by atoms with E-state index in [1.807, 2.05) is 0 Å². The average Bonchev–Trinajstić information content (AvgIpc) is 2.52. The fourth-order valence-electron chi connectivity index (χ4n) is 0.952. The molecule has 0 aliphatic carbocycles.